The molecule has 134 valence electrons. The van der Waals surface area contributed by atoms with E-state index in [1.807, 2.05) is 36.4 Å². The van der Waals surface area contributed by atoms with Crippen LogP contribution in [-0.2, 0) is 6.42 Å². The first-order valence-electron chi connectivity index (χ1n) is 9.60. The molecule has 2 aromatic rings. The second kappa shape index (κ2) is 11.5. The van der Waals surface area contributed by atoms with Crippen LogP contribution in [0.3, 0.4) is 0 Å². The number of aryl methyl sites for hydroxylation is 1. The minimum Gasteiger partial charge on any atom is -0.289 e. The van der Waals surface area contributed by atoms with Gasteiger partial charge in [0, 0.05) is 14.7 Å². The van der Waals surface area contributed by atoms with E-state index in [1.165, 1.54) is 56.9 Å². The van der Waals surface area contributed by atoms with Crippen LogP contribution >= 0.6 is 22.6 Å². The number of halogens is 1. The van der Waals surface area contributed by atoms with Gasteiger partial charge in [-0.3, -0.25) is 4.79 Å². The monoisotopic (exact) mass is 448 g/mol. The van der Waals surface area contributed by atoms with Crippen LogP contribution in [0.2, 0.25) is 0 Å². The summed E-state index contributed by atoms with van der Waals surface area (Å²) >= 11 is 2.22. The maximum Gasteiger partial charge on any atom is 0.194 e. The maximum atomic E-state index is 12.6. The van der Waals surface area contributed by atoms with Crippen LogP contribution in [-0.4, -0.2) is 5.78 Å². The second-order valence-corrected chi connectivity index (χ2v) is 7.89. The summed E-state index contributed by atoms with van der Waals surface area (Å²) in [5, 5.41) is 0. The minimum absolute atomic E-state index is 0.114. The van der Waals surface area contributed by atoms with Crippen LogP contribution in [0.5, 0.6) is 0 Å². The van der Waals surface area contributed by atoms with Crippen molar-refractivity contribution in [2.24, 2.45) is 0 Å². The standard InChI is InChI=1S/C23H29IO/c1-2-3-4-5-6-7-8-9-12-19-15-17-20(18-16-19)23(25)21-13-10-11-14-22(21)24/h10-11,13-18H,2-9,12H2,1H3. The van der Waals surface area contributed by atoms with E-state index in [0.29, 0.717) is 0 Å². The Balaban J connectivity index is 1.75. The number of ketones is 1. The first kappa shape index (κ1) is 20.2. The highest BCUT2D eigenvalue weighted by atomic mass is 127. The lowest BCUT2D eigenvalue weighted by Gasteiger charge is -2.06. The van der Waals surface area contributed by atoms with E-state index in [2.05, 4.69) is 41.6 Å². The summed E-state index contributed by atoms with van der Waals surface area (Å²) < 4.78 is 1.01. The zero-order valence-electron chi connectivity index (χ0n) is 15.3. The summed E-state index contributed by atoms with van der Waals surface area (Å²) in [6, 6.07) is 16.0. The molecule has 1 nitrogen and oxygen atoms in total. The SMILES string of the molecule is CCCCCCCCCCc1ccc(C(=O)c2ccccc2I)cc1. The molecule has 2 rings (SSSR count). The summed E-state index contributed by atoms with van der Waals surface area (Å²) in [6.45, 7) is 2.26. The van der Waals surface area contributed by atoms with Crippen molar-refractivity contribution in [2.45, 2.75) is 64.7 Å². The fourth-order valence-electron chi connectivity index (χ4n) is 3.09. The number of carbonyl (C=O) groups excluding carboxylic acids is 1. The van der Waals surface area contributed by atoms with Gasteiger partial charge in [-0.25, -0.2) is 0 Å². The van der Waals surface area contributed by atoms with Gasteiger partial charge >= 0.3 is 0 Å². The van der Waals surface area contributed by atoms with Crippen molar-refractivity contribution in [2.75, 3.05) is 0 Å². The van der Waals surface area contributed by atoms with Crippen LogP contribution in [0.25, 0.3) is 0 Å². The summed E-state index contributed by atoms with van der Waals surface area (Å²) in [6.07, 6.45) is 11.9. The molecule has 0 spiro atoms. The molecule has 0 fully saturated rings. The van der Waals surface area contributed by atoms with Gasteiger partial charge in [-0.15, -0.1) is 0 Å². The molecule has 25 heavy (non-hydrogen) atoms. The van der Waals surface area contributed by atoms with Crippen LogP contribution in [0, 0.1) is 3.57 Å². The Morgan fingerprint density at radius 3 is 2.04 bits per heavy atom. The quantitative estimate of drug-likeness (QED) is 0.202. The Kier molecular flexibility index (Phi) is 9.23. The third kappa shape index (κ3) is 6.93. The molecule has 0 aromatic heterocycles. The van der Waals surface area contributed by atoms with Gasteiger partial charge in [0.15, 0.2) is 5.78 Å². The van der Waals surface area contributed by atoms with Gasteiger partial charge in [-0.05, 0) is 53.1 Å². The minimum atomic E-state index is 0.114. The van der Waals surface area contributed by atoms with Crippen molar-refractivity contribution in [3.8, 4) is 0 Å². The lowest BCUT2D eigenvalue weighted by Crippen LogP contribution is -2.03. The highest BCUT2D eigenvalue weighted by Gasteiger charge is 2.11. The molecule has 2 aromatic carbocycles. The molecule has 0 saturated carbocycles. The summed E-state index contributed by atoms with van der Waals surface area (Å²) in [5.74, 6) is 0.114. The van der Waals surface area contributed by atoms with Crippen LogP contribution in [0.15, 0.2) is 48.5 Å². The number of rotatable bonds is 11. The van der Waals surface area contributed by atoms with Crippen molar-refractivity contribution in [1.82, 2.24) is 0 Å². The molecule has 0 heterocycles. The highest BCUT2D eigenvalue weighted by Crippen LogP contribution is 2.18. The van der Waals surface area contributed by atoms with Gasteiger partial charge in [-0.1, -0.05) is 88.3 Å². The Hall–Kier alpha value is -1.16. The van der Waals surface area contributed by atoms with E-state index in [9.17, 15) is 4.79 Å². The fourth-order valence-corrected chi connectivity index (χ4v) is 3.72. The van der Waals surface area contributed by atoms with Gasteiger partial charge in [0.1, 0.15) is 0 Å². The average molecular weight is 448 g/mol. The smallest absolute Gasteiger partial charge is 0.194 e. The number of unbranched alkanes of at least 4 members (excludes halogenated alkanes) is 7. The van der Waals surface area contributed by atoms with E-state index >= 15 is 0 Å². The van der Waals surface area contributed by atoms with Crippen molar-refractivity contribution >= 4 is 28.4 Å². The van der Waals surface area contributed by atoms with E-state index < -0.39 is 0 Å². The number of carbonyl (C=O) groups is 1. The molecule has 0 amide bonds. The zero-order valence-corrected chi connectivity index (χ0v) is 17.4. The molecule has 0 N–H and O–H groups in total. The first-order chi connectivity index (χ1) is 12.2. The molecule has 0 unspecified atom stereocenters. The van der Waals surface area contributed by atoms with E-state index in [-0.39, 0.29) is 5.78 Å². The second-order valence-electron chi connectivity index (χ2n) is 6.73. The highest BCUT2D eigenvalue weighted by molar-refractivity contribution is 14.1. The summed E-state index contributed by atoms with van der Waals surface area (Å²) in [7, 11) is 0. The van der Waals surface area contributed by atoms with E-state index in [1.54, 1.807) is 0 Å². The van der Waals surface area contributed by atoms with E-state index in [4.69, 9.17) is 0 Å². The Labute approximate surface area is 166 Å². The van der Waals surface area contributed by atoms with Crippen molar-refractivity contribution < 1.29 is 4.79 Å². The van der Waals surface area contributed by atoms with Gasteiger partial charge in [0.25, 0.3) is 0 Å². The van der Waals surface area contributed by atoms with Crippen molar-refractivity contribution in [3.05, 3.63) is 68.8 Å². The lowest BCUT2D eigenvalue weighted by molar-refractivity contribution is 0.103. The molecular weight excluding hydrogens is 419 g/mol. The molecule has 0 aliphatic rings. The largest absolute Gasteiger partial charge is 0.289 e. The first-order valence-corrected chi connectivity index (χ1v) is 10.7. The number of benzene rings is 2. The predicted octanol–water partition coefficient (Wildman–Crippen LogP) is 7.21. The molecule has 0 radical (unpaired) electrons. The van der Waals surface area contributed by atoms with Crippen molar-refractivity contribution in [3.63, 3.8) is 0 Å². The molecule has 0 aliphatic heterocycles. The van der Waals surface area contributed by atoms with Crippen molar-refractivity contribution in [1.29, 1.82) is 0 Å². The van der Waals surface area contributed by atoms with Crippen LogP contribution < -0.4 is 0 Å². The molecule has 0 saturated heterocycles. The Morgan fingerprint density at radius 1 is 0.800 bits per heavy atom. The lowest BCUT2D eigenvalue weighted by atomic mass is 10.00. The number of hydrogen-bond acceptors (Lipinski definition) is 1. The summed E-state index contributed by atoms with van der Waals surface area (Å²) in [4.78, 5) is 12.6. The molecule has 0 aliphatic carbocycles. The topological polar surface area (TPSA) is 17.1 Å². The summed E-state index contributed by atoms with van der Waals surface area (Å²) in [5.41, 5.74) is 2.91. The van der Waals surface area contributed by atoms with Crippen LogP contribution in [0.4, 0.5) is 0 Å². The third-order valence-electron chi connectivity index (χ3n) is 4.65. The van der Waals surface area contributed by atoms with Gasteiger partial charge in [-0.2, -0.15) is 0 Å². The Bertz CT molecular complexity index is 645. The maximum absolute atomic E-state index is 12.6. The zero-order chi connectivity index (χ0) is 17.9. The Morgan fingerprint density at radius 2 is 1.40 bits per heavy atom. The predicted molar refractivity (Wildman–Crippen MR) is 115 cm³/mol. The van der Waals surface area contributed by atoms with Gasteiger partial charge in [0.05, 0.1) is 0 Å². The molecular formula is C23H29IO. The molecule has 2 heteroatoms. The number of hydrogen-bond donors (Lipinski definition) is 0. The fraction of sp³-hybridized carbons (Fsp3) is 0.435. The average Bonchev–Trinajstić information content (AvgIpc) is 2.64. The van der Waals surface area contributed by atoms with Gasteiger partial charge in [0.2, 0.25) is 0 Å². The molecule has 0 bridgehead atoms. The third-order valence-corrected chi connectivity index (χ3v) is 5.59. The van der Waals surface area contributed by atoms with E-state index in [0.717, 1.165) is 21.1 Å². The molecule has 0 atom stereocenters. The normalized spacial score (nSPS) is 10.8. The van der Waals surface area contributed by atoms with Crippen LogP contribution in [0.1, 0.15) is 79.8 Å². The van der Waals surface area contributed by atoms with Gasteiger partial charge < -0.3 is 0 Å².